The maximum absolute atomic E-state index is 5.54. The van der Waals surface area contributed by atoms with Crippen molar-refractivity contribution in [1.29, 1.82) is 0 Å². The summed E-state index contributed by atoms with van der Waals surface area (Å²) in [6.45, 7) is 1.84. The second kappa shape index (κ2) is 6.16. The van der Waals surface area contributed by atoms with Gasteiger partial charge < -0.3 is 4.90 Å². The van der Waals surface area contributed by atoms with Crippen molar-refractivity contribution in [3.8, 4) is 11.8 Å². The molecule has 0 aliphatic carbocycles. The molecule has 1 unspecified atom stereocenters. The van der Waals surface area contributed by atoms with E-state index in [-0.39, 0.29) is 6.04 Å². The summed E-state index contributed by atoms with van der Waals surface area (Å²) in [6.07, 6.45) is 0.726. The third-order valence-corrected chi connectivity index (χ3v) is 2.47. The maximum Gasteiger partial charge on any atom is 0.0569 e. The van der Waals surface area contributed by atoms with Gasteiger partial charge in [-0.15, -0.1) is 11.8 Å². The van der Waals surface area contributed by atoms with Crippen LogP contribution >= 0.6 is 0 Å². The maximum atomic E-state index is 5.54. The highest BCUT2D eigenvalue weighted by molar-refractivity contribution is 5.48. The molecule has 0 amide bonds. The van der Waals surface area contributed by atoms with Gasteiger partial charge >= 0.3 is 0 Å². The largest absolute Gasteiger partial charge is 0.378 e. The molecule has 0 heterocycles. The zero-order chi connectivity index (χ0) is 12.0. The summed E-state index contributed by atoms with van der Waals surface area (Å²) in [7, 11) is 4.05. The summed E-state index contributed by atoms with van der Waals surface area (Å²) < 4.78 is 0. The Labute approximate surface area is 97.6 Å². The molecular formula is C13H19N3. The minimum Gasteiger partial charge on any atom is -0.378 e. The number of nitrogens with zero attached hydrogens (tertiary/aromatic N) is 1. The molecule has 0 aliphatic heterocycles. The molecule has 3 nitrogen and oxygen atoms in total. The minimum atomic E-state index is 0.0901. The van der Waals surface area contributed by atoms with Gasteiger partial charge in [-0.2, -0.15) is 0 Å². The lowest BCUT2D eigenvalue weighted by Gasteiger charge is -2.17. The molecule has 16 heavy (non-hydrogen) atoms. The summed E-state index contributed by atoms with van der Waals surface area (Å²) in [4.78, 5) is 2.07. The van der Waals surface area contributed by atoms with Crippen molar-refractivity contribution < 1.29 is 0 Å². The summed E-state index contributed by atoms with van der Waals surface area (Å²) in [5.41, 5.74) is 5.13. The van der Waals surface area contributed by atoms with Crippen molar-refractivity contribution in [2.75, 3.05) is 19.0 Å². The number of hydrogen-bond acceptors (Lipinski definition) is 3. The fourth-order valence-corrected chi connectivity index (χ4v) is 1.50. The smallest absolute Gasteiger partial charge is 0.0569 e. The van der Waals surface area contributed by atoms with Crippen LogP contribution in [0.5, 0.6) is 0 Å². The molecule has 0 spiro atoms. The lowest BCUT2D eigenvalue weighted by atomic mass is 10.0. The number of anilines is 1. The molecule has 0 fully saturated rings. The number of benzene rings is 1. The first kappa shape index (κ1) is 12.6. The van der Waals surface area contributed by atoms with E-state index in [9.17, 15) is 0 Å². The Morgan fingerprint density at radius 1 is 1.44 bits per heavy atom. The third-order valence-electron chi connectivity index (χ3n) is 2.47. The van der Waals surface area contributed by atoms with E-state index >= 15 is 0 Å². The van der Waals surface area contributed by atoms with Crippen molar-refractivity contribution in [3.05, 3.63) is 29.8 Å². The number of hydrazine groups is 1. The van der Waals surface area contributed by atoms with Crippen LogP contribution in [0.1, 0.15) is 24.9 Å². The summed E-state index contributed by atoms with van der Waals surface area (Å²) in [5.74, 6) is 11.5. The van der Waals surface area contributed by atoms with Crippen LogP contribution in [0.4, 0.5) is 5.69 Å². The molecule has 1 aromatic carbocycles. The average Bonchev–Trinajstić information content (AvgIpc) is 2.30. The van der Waals surface area contributed by atoms with Gasteiger partial charge in [0.2, 0.25) is 0 Å². The van der Waals surface area contributed by atoms with E-state index in [0.29, 0.717) is 0 Å². The second-order valence-corrected chi connectivity index (χ2v) is 3.84. The van der Waals surface area contributed by atoms with Gasteiger partial charge in [-0.05, 0) is 24.6 Å². The van der Waals surface area contributed by atoms with Crippen LogP contribution in [0.25, 0.3) is 0 Å². The highest BCUT2D eigenvalue weighted by atomic mass is 15.2. The molecule has 1 aromatic rings. The second-order valence-electron chi connectivity index (χ2n) is 3.84. The number of hydrogen-bond donors (Lipinski definition) is 2. The minimum absolute atomic E-state index is 0.0901. The van der Waals surface area contributed by atoms with Crippen LogP contribution in [0.2, 0.25) is 0 Å². The monoisotopic (exact) mass is 217 g/mol. The van der Waals surface area contributed by atoms with E-state index < -0.39 is 0 Å². The molecule has 0 saturated heterocycles. The van der Waals surface area contributed by atoms with E-state index in [1.54, 1.807) is 0 Å². The Morgan fingerprint density at radius 2 is 2.19 bits per heavy atom. The molecule has 3 N–H and O–H groups in total. The zero-order valence-corrected chi connectivity index (χ0v) is 10.1. The highest BCUT2D eigenvalue weighted by Crippen LogP contribution is 2.20. The van der Waals surface area contributed by atoms with E-state index in [2.05, 4.69) is 40.4 Å². The van der Waals surface area contributed by atoms with Crippen LogP contribution in [0.3, 0.4) is 0 Å². The fraction of sp³-hybridized carbons (Fsp3) is 0.385. The van der Waals surface area contributed by atoms with Crippen molar-refractivity contribution in [2.45, 2.75) is 19.4 Å². The SMILES string of the molecule is CC#CCC(NN)c1cccc(N(C)C)c1. The molecule has 0 aliphatic rings. The quantitative estimate of drug-likeness (QED) is 0.458. The van der Waals surface area contributed by atoms with Crippen LogP contribution in [-0.2, 0) is 0 Å². The van der Waals surface area contributed by atoms with E-state index in [1.165, 1.54) is 5.69 Å². The first-order valence-electron chi connectivity index (χ1n) is 5.32. The third kappa shape index (κ3) is 3.27. The number of nitrogens with one attached hydrogen (secondary N) is 1. The van der Waals surface area contributed by atoms with Gasteiger partial charge in [0, 0.05) is 26.2 Å². The van der Waals surface area contributed by atoms with Gasteiger partial charge in [-0.3, -0.25) is 11.3 Å². The first-order chi connectivity index (χ1) is 7.69. The van der Waals surface area contributed by atoms with E-state index in [0.717, 1.165) is 12.0 Å². The molecule has 1 atom stereocenters. The average molecular weight is 217 g/mol. The fourth-order valence-electron chi connectivity index (χ4n) is 1.50. The highest BCUT2D eigenvalue weighted by Gasteiger charge is 2.08. The van der Waals surface area contributed by atoms with Gasteiger partial charge in [-0.25, -0.2) is 0 Å². The van der Waals surface area contributed by atoms with Gasteiger partial charge in [0.15, 0.2) is 0 Å². The van der Waals surface area contributed by atoms with Gasteiger partial charge in [-0.1, -0.05) is 12.1 Å². The molecular weight excluding hydrogens is 198 g/mol. The summed E-state index contributed by atoms with van der Waals surface area (Å²) >= 11 is 0. The van der Waals surface area contributed by atoms with Crippen LogP contribution in [0, 0.1) is 11.8 Å². The molecule has 0 radical (unpaired) electrons. The lowest BCUT2D eigenvalue weighted by Crippen LogP contribution is -2.27. The van der Waals surface area contributed by atoms with Gasteiger partial charge in [0.25, 0.3) is 0 Å². The Bertz CT molecular complexity index is 388. The number of rotatable bonds is 4. The summed E-state index contributed by atoms with van der Waals surface area (Å²) in [5, 5.41) is 0. The van der Waals surface area contributed by atoms with Crippen molar-refractivity contribution in [2.24, 2.45) is 5.84 Å². The Hall–Kier alpha value is -1.50. The van der Waals surface area contributed by atoms with Crippen molar-refractivity contribution in [1.82, 2.24) is 5.43 Å². The molecule has 86 valence electrons. The first-order valence-corrected chi connectivity index (χ1v) is 5.32. The van der Waals surface area contributed by atoms with Crippen molar-refractivity contribution >= 4 is 5.69 Å². The van der Waals surface area contributed by atoms with Gasteiger partial charge in [0.1, 0.15) is 0 Å². The molecule has 0 saturated carbocycles. The van der Waals surface area contributed by atoms with E-state index in [1.807, 2.05) is 27.1 Å². The standard InChI is InChI=1S/C13H19N3/c1-4-5-9-13(15-14)11-7-6-8-12(10-11)16(2)3/h6-8,10,13,15H,9,14H2,1-3H3. The summed E-state index contributed by atoms with van der Waals surface area (Å²) in [6, 6.07) is 8.39. The van der Waals surface area contributed by atoms with Crippen LogP contribution in [0.15, 0.2) is 24.3 Å². The van der Waals surface area contributed by atoms with Gasteiger partial charge in [0.05, 0.1) is 6.04 Å². The molecule has 0 bridgehead atoms. The van der Waals surface area contributed by atoms with Crippen LogP contribution < -0.4 is 16.2 Å². The lowest BCUT2D eigenvalue weighted by molar-refractivity contribution is 0.568. The van der Waals surface area contributed by atoms with Crippen molar-refractivity contribution in [3.63, 3.8) is 0 Å². The molecule has 0 aromatic heterocycles. The predicted molar refractivity (Wildman–Crippen MR) is 68.9 cm³/mol. The Balaban J connectivity index is 2.90. The molecule has 3 heteroatoms. The topological polar surface area (TPSA) is 41.3 Å². The normalized spacial score (nSPS) is 11.5. The van der Waals surface area contributed by atoms with Crippen LogP contribution in [-0.4, -0.2) is 14.1 Å². The predicted octanol–water partition coefficient (Wildman–Crippen LogP) is 1.67. The zero-order valence-electron chi connectivity index (χ0n) is 10.1. The Morgan fingerprint density at radius 3 is 2.75 bits per heavy atom. The number of nitrogens with two attached hydrogens (primary N) is 1. The van der Waals surface area contributed by atoms with E-state index in [4.69, 9.17) is 5.84 Å². The molecule has 1 rings (SSSR count). The Kier molecular flexibility index (Phi) is 4.84.